The zero-order valence-electron chi connectivity index (χ0n) is 9.07. The molecule has 0 fully saturated rings. The Morgan fingerprint density at radius 2 is 2.12 bits per heavy atom. The molecule has 0 saturated carbocycles. The SMILES string of the molecule is COCCOc1ccc(F)cc1S(=O)[O-].[Na+]. The van der Waals surface area contributed by atoms with Gasteiger partial charge in [-0.1, -0.05) is 0 Å². The summed E-state index contributed by atoms with van der Waals surface area (Å²) in [4.78, 5) is -0.189. The van der Waals surface area contributed by atoms with Gasteiger partial charge in [0.1, 0.15) is 18.2 Å². The second-order valence-corrected chi connectivity index (χ2v) is 3.58. The van der Waals surface area contributed by atoms with E-state index in [0.717, 1.165) is 12.1 Å². The minimum atomic E-state index is -2.51. The fourth-order valence-corrected chi connectivity index (χ4v) is 1.47. The van der Waals surface area contributed by atoms with Crippen molar-refractivity contribution in [2.24, 2.45) is 0 Å². The summed E-state index contributed by atoms with van der Waals surface area (Å²) in [7, 11) is 1.50. The van der Waals surface area contributed by atoms with Crippen LogP contribution in [0.25, 0.3) is 0 Å². The van der Waals surface area contributed by atoms with Gasteiger partial charge < -0.3 is 14.0 Å². The van der Waals surface area contributed by atoms with Crippen LogP contribution < -0.4 is 34.3 Å². The molecule has 0 bridgehead atoms. The van der Waals surface area contributed by atoms with Crippen LogP contribution >= 0.6 is 0 Å². The summed E-state index contributed by atoms with van der Waals surface area (Å²) in [6.45, 7) is 0.550. The molecule has 1 aromatic rings. The summed E-state index contributed by atoms with van der Waals surface area (Å²) in [6, 6.07) is 3.32. The van der Waals surface area contributed by atoms with Gasteiger partial charge in [-0.15, -0.1) is 0 Å². The Kier molecular flexibility index (Phi) is 8.17. The number of hydrogen-bond donors (Lipinski definition) is 0. The first-order valence-corrected chi connectivity index (χ1v) is 5.23. The minimum absolute atomic E-state index is 0. The second-order valence-electron chi connectivity index (χ2n) is 2.67. The Balaban J connectivity index is 0.00000225. The van der Waals surface area contributed by atoms with E-state index >= 15 is 0 Å². The molecule has 16 heavy (non-hydrogen) atoms. The molecule has 4 nitrogen and oxygen atoms in total. The third-order valence-corrected chi connectivity index (χ3v) is 2.31. The first kappa shape index (κ1) is 16.0. The maximum absolute atomic E-state index is 12.7. The van der Waals surface area contributed by atoms with Gasteiger partial charge >= 0.3 is 29.6 Å². The van der Waals surface area contributed by atoms with Crippen molar-refractivity contribution in [2.45, 2.75) is 4.90 Å². The van der Waals surface area contributed by atoms with Gasteiger partial charge in [0.15, 0.2) is 0 Å². The van der Waals surface area contributed by atoms with E-state index in [1.54, 1.807) is 0 Å². The zero-order valence-corrected chi connectivity index (χ0v) is 11.9. The predicted octanol–water partition coefficient (Wildman–Crippen LogP) is -1.91. The summed E-state index contributed by atoms with van der Waals surface area (Å²) < 4.78 is 44.0. The van der Waals surface area contributed by atoms with E-state index < -0.39 is 16.9 Å². The van der Waals surface area contributed by atoms with Crippen molar-refractivity contribution >= 4 is 11.1 Å². The summed E-state index contributed by atoms with van der Waals surface area (Å²) in [5.41, 5.74) is 0. The fraction of sp³-hybridized carbons (Fsp3) is 0.333. The van der Waals surface area contributed by atoms with Crippen molar-refractivity contribution in [3.8, 4) is 5.75 Å². The number of ether oxygens (including phenoxy) is 2. The first-order valence-electron chi connectivity index (χ1n) is 4.15. The second kappa shape index (κ2) is 8.16. The Labute approximate surface area is 118 Å². The smallest absolute Gasteiger partial charge is 0.768 e. The van der Waals surface area contributed by atoms with Crippen LogP contribution in [0.15, 0.2) is 23.1 Å². The van der Waals surface area contributed by atoms with E-state index in [4.69, 9.17) is 9.47 Å². The van der Waals surface area contributed by atoms with Gasteiger partial charge in [-0.25, -0.2) is 4.39 Å². The molecule has 0 aliphatic carbocycles. The molecule has 0 N–H and O–H groups in total. The molecule has 1 rings (SSSR count). The molecule has 84 valence electrons. The van der Waals surface area contributed by atoms with Gasteiger partial charge in [-0.05, 0) is 29.3 Å². The molecule has 0 aromatic heterocycles. The van der Waals surface area contributed by atoms with E-state index in [0.29, 0.717) is 6.61 Å². The monoisotopic (exact) mass is 256 g/mol. The van der Waals surface area contributed by atoms with Gasteiger partial charge in [0.25, 0.3) is 0 Å². The maximum Gasteiger partial charge on any atom is 1.00 e. The topological polar surface area (TPSA) is 58.6 Å². The quantitative estimate of drug-likeness (QED) is 0.350. The molecular formula is C9H10FNaO4S. The molecule has 1 aromatic carbocycles. The average Bonchev–Trinajstić information content (AvgIpc) is 2.20. The van der Waals surface area contributed by atoms with Crippen LogP contribution in [0.5, 0.6) is 5.75 Å². The van der Waals surface area contributed by atoms with Gasteiger partial charge in [0.2, 0.25) is 0 Å². The van der Waals surface area contributed by atoms with Crippen molar-refractivity contribution in [3.63, 3.8) is 0 Å². The van der Waals surface area contributed by atoms with Crippen LogP contribution in [0.4, 0.5) is 4.39 Å². The molecule has 0 spiro atoms. The van der Waals surface area contributed by atoms with E-state index in [-0.39, 0.29) is 46.8 Å². The summed E-state index contributed by atoms with van der Waals surface area (Å²) in [5.74, 6) is -0.491. The van der Waals surface area contributed by atoms with Crippen LogP contribution in [-0.2, 0) is 15.8 Å². The van der Waals surface area contributed by atoms with Gasteiger partial charge in [0, 0.05) is 7.11 Å². The molecule has 7 heteroatoms. The molecule has 0 saturated heterocycles. The largest absolute Gasteiger partial charge is 1.00 e. The fourth-order valence-electron chi connectivity index (χ4n) is 0.966. The Morgan fingerprint density at radius 1 is 1.44 bits per heavy atom. The van der Waals surface area contributed by atoms with Crippen LogP contribution in [0.3, 0.4) is 0 Å². The number of halogens is 1. The molecule has 1 atom stereocenters. The standard InChI is InChI=1S/C9H11FO4S.Na/c1-13-4-5-14-8-3-2-7(10)6-9(8)15(11)12;/h2-3,6H,4-5H2,1H3,(H,11,12);/q;+1/p-1. The van der Waals surface area contributed by atoms with Crippen LogP contribution in [0.1, 0.15) is 0 Å². The van der Waals surface area contributed by atoms with Crippen LogP contribution in [-0.4, -0.2) is 29.1 Å². The van der Waals surface area contributed by atoms with E-state index in [9.17, 15) is 13.2 Å². The van der Waals surface area contributed by atoms with E-state index in [2.05, 4.69) is 0 Å². The van der Waals surface area contributed by atoms with Crippen molar-refractivity contribution < 1.29 is 52.2 Å². The zero-order chi connectivity index (χ0) is 11.3. The molecule has 0 heterocycles. The Hall–Kier alpha value is 0.0200. The van der Waals surface area contributed by atoms with Gasteiger partial charge in [-0.2, -0.15) is 0 Å². The third kappa shape index (κ3) is 4.90. The van der Waals surface area contributed by atoms with Crippen molar-refractivity contribution in [1.29, 1.82) is 0 Å². The number of methoxy groups -OCH3 is 1. The number of benzene rings is 1. The minimum Gasteiger partial charge on any atom is -0.768 e. The number of rotatable bonds is 5. The molecule has 0 amide bonds. The summed E-state index contributed by atoms with van der Waals surface area (Å²) in [6.07, 6.45) is 0. The molecule has 0 radical (unpaired) electrons. The molecule has 0 aliphatic rings. The van der Waals surface area contributed by atoms with Crippen molar-refractivity contribution in [1.82, 2.24) is 0 Å². The summed E-state index contributed by atoms with van der Waals surface area (Å²) in [5, 5.41) is 0. The summed E-state index contributed by atoms with van der Waals surface area (Å²) >= 11 is -2.51. The van der Waals surface area contributed by atoms with Gasteiger partial charge in [0.05, 0.1) is 11.5 Å². The van der Waals surface area contributed by atoms with Crippen molar-refractivity contribution in [2.75, 3.05) is 20.3 Å². The third-order valence-electron chi connectivity index (χ3n) is 1.63. The van der Waals surface area contributed by atoms with Crippen LogP contribution in [0, 0.1) is 5.82 Å². The number of hydrogen-bond acceptors (Lipinski definition) is 4. The molecule has 0 aliphatic heterocycles. The van der Waals surface area contributed by atoms with Crippen molar-refractivity contribution in [3.05, 3.63) is 24.0 Å². The predicted molar refractivity (Wildman–Crippen MR) is 51.0 cm³/mol. The van der Waals surface area contributed by atoms with Crippen LogP contribution in [0.2, 0.25) is 0 Å². The first-order chi connectivity index (χ1) is 7.15. The molecular weight excluding hydrogens is 246 g/mol. The Morgan fingerprint density at radius 3 is 2.69 bits per heavy atom. The normalized spacial score (nSPS) is 11.7. The maximum atomic E-state index is 12.7. The van der Waals surface area contributed by atoms with E-state index in [1.807, 2.05) is 0 Å². The molecule has 1 unspecified atom stereocenters. The average molecular weight is 256 g/mol. The Bertz CT molecular complexity index is 361. The van der Waals surface area contributed by atoms with Gasteiger partial charge in [-0.3, -0.25) is 4.21 Å². The van der Waals surface area contributed by atoms with E-state index in [1.165, 1.54) is 13.2 Å².